The van der Waals surface area contributed by atoms with E-state index < -0.39 is 0 Å². The van der Waals surface area contributed by atoms with Crippen molar-refractivity contribution in [1.82, 2.24) is 15.6 Å². The normalized spacial score (nSPS) is 17.9. The van der Waals surface area contributed by atoms with E-state index in [4.69, 9.17) is 18.9 Å². The summed E-state index contributed by atoms with van der Waals surface area (Å²) in [6.07, 6.45) is 5.93. The Labute approximate surface area is 187 Å². The molecule has 1 saturated heterocycles. The van der Waals surface area contributed by atoms with Gasteiger partial charge in [-0.2, -0.15) is 0 Å². The lowest BCUT2D eigenvalue weighted by molar-refractivity contribution is 0.0224. The Morgan fingerprint density at radius 3 is 3.03 bits per heavy atom. The highest BCUT2D eigenvalue weighted by molar-refractivity contribution is 7.13. The van der Waals surface area contributed by atoms with Crippen molar-refractivity contribution in [3.63, 3.8) is 0 Å². The van der Waals surface area contributed by atoms with Gasteiger partial charge in [0.2, 0.25) is 0 Å². The molecule has 2 unspecified atom stereocenters. The standard InChI is InChI=1S/C22H32N4O4S/c1-4-28-21(27)19-15(2)25-20(31-19)16(3)26-22(23-11-10-17-9-7-13-29-17)24-14-18-8-5-6-12-30-18/h7,9,13,16,18H,4-6,8,10-12,14H2,1-3H3,(H2,23,24,26). The van der Waals surface area contributed by atoms with Crippen molar-refractivity contribution < 1.29 is 18.7 Å². The van der Waals surface area contributed by atoms with Gasteiger partial charge in [-0.1, -0.05) is 0 Å². The molecular weight excluding hydrogens is 416 g/mol. The molecule has 1 aliphatic heterocycles. The van der Waals surface area contributed by atoms with Crippen molar-refractivity contribution in [1.29, 1.82) is 0 Å². The number of carbonyl (C=O) groups is 1. The Hall–Kier alpha value is -2.39. The van der Waals surface area contributed by atoms with E-state index in [0.717, 1.165) is 36.6 Å². The molecule has 0 radical (unpaired) electrons. The number of hydrogen-bond donors (Lipinski definition) is 2. The summed E-state index contributed by atoms with van der Waals surface area (Å²) >= 11 is 1.36. The zero-order valence-electron chi connectivity index (χ0n) is 18.5. The maximum absolute atomic E-state index is 12.1. The Kier molecular flexibility index (Phi) is 8.90. The molecule has 170 valence electrons. The topological polar surface area (TPSA) is 98.0 Å². The quantitative estimate of drug-likeness (QED) is 0.343. The van der Waals surface area contributed by atoms with Gasteiger partial charge >= 0.3 is 5.97 Å². The molecule has 0 amide bonds. The van der Waals surface area contributed by atoms with Crippen LogP contribution in [0.3, 0.4) is 0 Å². The van der Waals surface area contributed by atoms with E-state index in [0.29, 0.717) is 36.2 Å². The van der Waals surface area contributed by atoms with Gasteiger partial charge in [-0.05, 0) is 52.2 Å². The number of aromatic nitrogens is 1. The van der Waals surface area contributed by atoms with Crippen molar-refractivity contribution in [3.05, 3.63) is 39.7 Å². The summed E-state index contributed by atoms with van der Waals surface area (Å²) in [5.41, 5.74) is 0.687. The monoisotopic (exact) mass is 448 g/mol. The van der Waals surface area contributed by atoms with Crippen LogP contribution in [-0.2, 0) is 15.9 Å². The molecule has 0 aromatic carbocycles. The number of esters is 1. The summed E-state index contributed by atoms with van der Waals surface area (Å²) in [5, 5.41) is 7.60. The second-order valence-electron chi connectivity index (χ2n) is 7.49. The second-order valence-corrected chi connectivity index (χ2v) is 8.52. The van der Waals surface area contributed by atoms with Gasteiger partial charge in [-0.25, -0.2) is 9.78 Å². The minimum atomic E-state index is -0.323. The largest absolute Gasteiger partial charge is 0.469 e. The fraction of sp³-hybridized carbons (Fsp3) is 0.591. The third-order valence-electron chi connectivity index (χ3n) is 4.97. The number of nitrogens with zero attached hydrogens (tertiary/aromatic N) is 2. The first-order chi connectivity index (χ1) is 15.1. The van der Waals surface area contributed by atoms with E-state index in [1.807, 2.05) is 26.0 Å². The molecule has 3 rings (SSSR count). The van der Waals surface area contributed by atoms with Gasteiger partial charge in [0.1, 0.15) is 15.6 Å². The van der Waals surface area contributed by atoms with Crippen LogP contribution in [0.1, 0.15) is 65.3 Å². The van der Waals surface area contributed by atoms with Gasteiger partial charge in [-0.3, -0.25) is 4.99 Å². The number of furan rings is 1. The van der Waals surface area contributed by atoms with Gasteiger partial charge < -0.3 is 24.5 Å². The first-order valence-electron chi connectivity index (χ1n) is 10.9. The van der Waals surface area contributed by atoms with Crippen LogP contribution in [0.25, 0.3) is 0 Å². The fourth-order valence-corrected chi connectivity index (χ4v) is 4.27. The molecule has 2 atom stereocenters. The Morgan fingerprint density at radius 1 is 1.45 bits per heavy atom. The van der Waals surface area contributed by atoms with Crippen LogP contribution < -0.4 is 10.6 Å². The fourth-order valence-electron chi connectivity index (χ4n) is 3.31. The smallest absolute Gasteiger partial charge is 0.350 e. The molecular formula is C22H32N4O4S. The lowest BCUT2D eigenvalue weighted by atomic mass is 10.1. The Balaban J connectivity index is 1.64. The molecule has 1 fully saturated rings. The zero-order valence-corrected chi connectivity index (χ0v) is 19.3. The second kappa shape index (κ2) is 11.9. The van der Waals surface area contributed by atoms with E-state index in [-0.39, 0.29) is 18.1 Å². The minimum Gasteiger partial charge on any atom is -0.469 e. The molecule has 2 N–H and O–H groups in total. The molecule has 9 heteroatoms. The molecule has 0 bridgehead atoms. The Morgan fingerprint density at radius 2 is 2.32 bits per heavy atom. The number of carbonyl (C=O) groups excluding carboxylic acids is 1. The van der Waals surface area contributed by atoms with Crippen LogP contribution in [0.4, 0.5) is 0 Å². The predicted octanol–water partition coefficient (Wildman–Crippen LogP) is 3.63. The first kappa shape index (κ1) is 23.3. The number of aliphatic imine (C=N–C) groups is 1. The minimum absolute atomic E-state index is 0.117. The van der Waals surface area contributed by atoms with Crippen LogP contribution in [-0.4, -0.2) is 49.3 Å². The highest BCUT2D eigenvalue weighted by atomic mass is 32.1. The lowest BCUT2D eigenvalue weighted by Crippen LogP contribution is -2.40. The summed E-state index contributed by atoms with van der Waals surface area (Å²) in [6, 6.07) is 3.73. The van der Waals surface area contributed by atoms with Crippen LogP contribution in [0.2, 0.25) is 0 Å². The van der Waals surface area contributed by atoms with Crippen LogP contribution in [0.15, 0.2) is 27.8 Å². The van der Waals surface area contributed by atoms with Crippen LogP contribution >= 0.6 is 11.3 Å². The van der Waals surface area contributed by atoms with Crippen molar-refractivity contribution in [2.75, 3.05) is 26.3 Å². The number of hydrogen-bond acceptors (Lipinski definition) is 7. The van der Waals surface area contributed by atoms with Crippen LogP contribution in [0, 0.1) is 6.92 Å². The third-order valence-corrected chi connectivity index (χ3v) is 6.29. The maximum atomic E-state index is 12.1. The molecule has 2 aromatic heterocycles. The maximum Gasteiger partial charge on any atom is 0.350 e. The van der Waals surface area contributed by atoms with E-state index in [9.17, 15) is 4.79 Å². The van der Waals surface area contributed by atoms with Gasteiger partial charge in [0.25, 0.3) is 0 Å². The zero-order chi connectivity index (χ0) is 22.1. The number of nitrogens with one attached hydrogen (secondary N) is 2. The first-order valence-corrected chi connectivity index (χ1v) is 11.7. The molecule has 31 heavy (non-hydrogen) atoms. The molecule has 3 heterocycles. The molecule has 2 aromatic rings. The number of thiazole rings is 1. The number of rotatable bonds is 9. The number of guanidine groups is 1. The lowest BCUT2D eigenvalue weighted by Gasteiger charge is -2.22. The molecule has 8 nitrogen and oxygen atoms in total. The van der Waals surface area contributed by atoms with E-state index in [2.05, 4.69) is 15.6 Å². The van der Waals surface area contributed by atoms with Gasteiger partial charge in [0, 0.05) is 19.6 Å². The Bertz CT molecular complexity index is 844. The molecule has 0 aliphatic carbocycles. The predicted molar refractivity (Wildman–Crippen MR) is 121 cm³/mol. The van der Waals surface area contributed by atoms with Crippen LogP contribution in [0.5, 0.6) is 0 Å². The average molecular weight is 449 g/mol. The summed E-state index contributed by atoms with van der Waals surface area (Å²) in [6.45, 7) is 8.08. The molecule has 0 saturated carbocycles. The number of ether oxygens (including phenoxy) is 2. The van der Waals surface area contributed by atoms with E-state index >= 15 is 0 Å². The highest BCUT2D eigenvalue weighted by Gasteiger charge is 2.20. The summed E-state index contributed by atoms with van der Waals surface area (Å²) in [4.78, 5) is 22.0. The van der Waals surface area contributed by atoms with Crippen molar-refractivity contribution in [2.45, 2.75) is 58.6 Å². The molecule has 0 spiro atoms. The van der Waals surface area contributed by atoms with E-state index in [1.165, 1.54) is 17.8 Å². The summed E-state index contributed by atoms with van der Waals surface area (Å²) in [7, 11) is 0. The van der Waals surface area contributed by atoms with Crippen molar-refractivity contribution >= 4 is 23.3 Å². The van der Waals surface area contributed by atoms with E-state index in [1.54, 1.807) is 13.2 Å². The number of aryl methyl sites for hydroxylation is 1. The SMILES string of the molecule is CCOC(=O)c1sc(C(C)NC(=NCC2CCCCO2)NCCc2ccco2)nc1C. The average Bonchev–Trinajstić information content (AvgIpc) is 3.42. The molecule has 1 aliphatic rings. The highest BCUT2D eigenvalue weighted by Crippen LogP contribution is 2.24. The van der Waals surface area contributed by atoms with Gasteiger partial charge in [0.15, 0.2) is 5.96 Å². The summed E-state index contributed by atoms with van der Waals surface area (Å²) in [5.74, 6) is 1.29. The van der Waals surface area contributed by atoms with Gasteiger partial charge in [-0.15, -0.1) is 11.3 Å². The van der Waals surface area contributed by atoms with Gasteiger partial charge in [0.05, 0.1) is 37.3 Å². The third kappa shape index (κ3) is 7.07. The summed E-state index contributed by atoms with van der Waals surface area (Å²) < 4.78 is 16.3. The van der Waals surface area contributed by atoms with Crippen molar-refractivity contribution in [2.24, 2.45) is 4.99 Å². The van der Waals surface area contributed by atoms with Crippen molar-refractivity contribution in [3.8, 4) is 0 Å².